The van der Waals surface area contributed by atoms with Crippen LogP contribution >= 0.6 is 0 Å². The molecule has 0 bridgehead atoms. The number of aliphatic hydroxyl groups is 1. The number of aliphatic hydroxyl groups excluding tert-OH is 1. The van der Waals surface area contributed by atoms with Crippen molar-refractivity contribution in [2.75, 3.05) is 12.3 Å². The maximum absolute atomic E-state index is 12.8. The van der Waals surface area contributed by atoms with Crippen molar-refractivity contribution in [2.45, 2.75) is 18.8 Å². The SMILES string of the molecule is CC(CO)[C@H](OC(c1ccccc1)(c1ccccc1)c1ccccc1)n1ccc(N)nc1=O. The van der Waals surface area contributed by atoms with Crippen LogP contribution in [0, 0.1) is 5.92 Å². The van der Waals surface area contributed by atoms with Crippen molar-refractivity contribution < 1.29 is 9.84 Å². The number of ether oxygens (including phenoxy) is 1. The highest BCUT2D eigenvalue weighted by Gasteiger charge is 2.41. The minimum atomic E-state index is -1.06. The van der Waals surface area contributed by atoms with Crippen molar-refractivity contribution >= 4 is 5.82 Å². The van der Waals surface area contributed by atoms with Gasteiger partial charge in [-0.1, -0.05) is 97.9 Å². The summed E-state index contributed by atoms with van der Waals surface area (Å²) in [6.45, 7) is 1.65. The fraction of sp³-hybridized carbons (Fsp3) is 0.185. The molecule has 4 aromatic rings. The van der Waals surface area contributed by atoms with E-state index in [4.69, 9.17) is 10.5 Å². The molecule has 0 radical (unpaired) electrons. The molecule has 6 nitrogen and oxygen atoms in total. The minimum absolute atomic E-state index is 0.132. The smallest absolute Gasteiger partial charge is 0.351 e. The maximum atomic E-state index is 12.8. The van der Waals surface area contributed by atoms with Gasteiger partial charge in [-0.2, -0.15) is 4.98 Å². The number of nitrogens with two attached hydrogens (primary N) is 1. The van der Waals surface area contributed by atoms with Crippen LogP contribution < -0.4 is 11.4 Å². The molecule has 168 valence electrons. The summed E-state index contributed by atoms with van der Waals surface area (Å²) in [5, 5.41) is 10.1. The second kappa shape index (κ2) is 9.81. The van der Waals surface area contributed by atoms with Crippen LogP contribution in [0.2, 0.25) is 0 Å². The molecule has 33 heavy (non-hydrogen) atoms. The Hall–Kier alpha value is -3.74. The van der Waals surface area contributed by atoms with Crippen LogP contribution in [0.15, 0.2) is 108 Å². The van der Waals surface area contributed by atoms with Gasteiger partial charge in [0.1, 0.15) is 17.6 Å². The lowest BCUT2D eigenvalue weighted by Gasteiger charge is -2.40. The van der Waals surface area contributed by atoms with Crippen LogP contribution in [0.5, 0.6) is 0 Å². The van der Waals surface area contributed by atoms with E-state index < -0.39 is 23.4 Å². The van der Waals surface area contributed by atoms with Crippen LogP contribution in [0.25, 0.3) is 0 Å². The molecule has 3 N–H and O–H groups in total. The Morgan fingerprint density at radius 1 is 0.879 bits per heavy atom. The van der Waals surface area contributed by atoms with Crippen LogP contribution in [0.4, 0.5) is 5.82 Å². The zero-order valence-corrected chi connectivity index (χ0v) is 18.4. The monoisotopic (exact) mass is 441 g/mol. The van der Waals surface area contributed by atoms with Crippen molar-refractivity contribution in [3.05, 3.63) is 130 Å². The first-order valence-electron chi connectivity index (χ1n) is 10.9. The quantitative estimate of drug-likeness (QED) is 0.404. The molecule has 0 aliphatic heterocycles. The third-order valence-electron chi connectivity index (χ3n) is 5.74. The first-order valence-corrected chi connectivity index (χ1v) is 10.9. The molecule has 0 saturated heterocycles. The van der Waals surface area contributed by atoms with E-state index in [-0.39, 0.29) is 12.4 Å². The summed E-state index contributed by atoms with van der Waals surface area (Å²) in [6, 6.07) is 31.2. The fourth-order valence-electron chi connectivity index (χ4n) is 4.06. The van der Waals surface area contributed by atoms with Crippen LogP contribution in [-0.2, 0) is 10.3 Å². The molecule has 1 unspecified atom stereocenters. The normalized spacial score (nSPS) is 13.4. The molecule has 0 saturated carbocycles. The van der Waals surface area contributed by atoms with E-state index in [2.05, 4.69) is 4.98 Å². The third kappa shape index (κ3) is 4.44. The molecular weight excluding hydrogens is 414 g/mol. The lowest BCUT2D eigenvalue weighted by atomic mass is 9.80. The van der Waals surface area contributed by atoms with E-state index in [1.807, 2.05) is 97.9 Å². The molecule has 3 aromatic carbocycles. The van der Waals surface area contributed by atoms with Crippen molar-refractivity contribution in [3.8, 4) is 0 Å². The lowest BCUT2D eigenvalue weighted by molar-refractivity contribution is -0.122. The first kappa shape index (κ1) is 22.5. The molecule has 4 rings (SSSR count). The highest BCUT2D eigenvalue weighted by atomic mass is 16.5. The van der Waals surface area contributed by atoms with Gasteiger partial charge in [0.15, 0.2) is 0 Å². The zero-order valence-electron chi connectivity index (χ0n) is 18.4. The van der Waals surface area contributed by atoms with Gasteiger partial charge in [-0.05, 0) is 22.8 Å². The Labute approximate surface area is 192 Å². The summed E-state index contributed by atoms with van der Waals surface area (Å²) in [5.41, 5.74) is 6.82. The molecule has 0 amide bonds. The van der Waals surface area contributed by atoms with Crippen molar-refractivity contribution in [1.29, 1.82) is 0 Å². The van der Waals surface area contributed by atoms with Crippen molar-refractivity contribution in [2.24, 2.45) is 5.92 Å². The highest BCUT2D eigenvalue weighted by molar-refractivity contribution is 5.47. The average Bonchev–Trinajstić information content (AvgIpc) is 2.87. The standard InChI is InChI=1S/C27H27N3O3/c1-20(19-31)25(30-18-17-24(28)29-26(30)32)33-27(21-11-5-2-6-12-21,22-13-7-3-8-14-22)23-15-9-4-10-16-23/h2-18,20,25,31H,19H2,1H3,(H2,28,29,32)/t20?,25-/m0/s1. The van der Waals surface area contributed by atoms with Crippen molar-refractivity contribution in [1.82, 2.24) is 9.55 Å². The number of nitrogen functional groups attached to an aromatic ring is 1. The van der Waals surface area contributed by atoms with E-state index in [9.17, 15) is 9.90 Å². The number of hydrogen-bond acceptors (Lipinski definition) is 5. The van der Waals surface area contributed by atoms with E-state index >= 15 is 0 Å². The average molecular weight is 442 g/mol. The highest BCUT2D eigenvalue weighted by Crippen LogP contribution is 2.44. The first-order chi connectivity index (χ1) is 16.1. The number of anilines is 1. The predicted molar refractivity (Wildman–Crippen MR) is 128 cm³/mol. The number of aromatic nitrogens is 2. The zero-order chi connectivity index (χ0) is 23.3. The number of nitrogens with zero attached hydrogens (tertiary/aromatic N) is 2. The van der Waals surface area contributed by atoms with Gasteiger partial charge in [0.2, 0.25) is 0 Å². The molecule has 1 heterocycles. The van der Waals surface area contributed by atoms with E-state index in [1.165, 1.54) is 4.57 Å². The Kier molecular flexibility index (Phi) is 6.68. The largest absolute Gasteiger partial charge is 0.396 e. The van der Waals surface area contributed by atoms with E-state index in [0.717, 1.165) is 16.7 Å². The van der Waals surface area contributed by atoms with Gasteiger partial charge in [0.05, 0.1) is 0 Å². The van der Waals surface area contributed by atoms with Gasteiger partial charge in [-0.25, -0.2) is 4.79 Å². The molecular formula is C27H27N3O3. The summed E-state index contributed by atoms with van der Waals surface area (Å²) in [4.78, 5) is 16.7. The summed E-state index contributed by atoms with van der Waals surface area (Å²) < 4.78 is 8.37. The van der Waals surface area contributed by atoms with Crippen LogP contribution in [0.1, 0.15) is 29.8 Å². The molecule has 0 aliphatic carbocycles. The summed E-state index contributed by atoms with van der Waals surface area (Å²) in [7, 11) is 0. The number of benzene rings is 3. The van der Waals surface area contributed by atoms with Crippen LogP contribution in [0.3, 0.4) is 0 Å². The third-order valence-corrected chi connectivity index (χ3v) is 5.74. The van der Waals surface area contributed by atoms with Crippen molar-refractivity contribution in [3.63, 3.8) is 0 Å². The lowest BCUT2D eigenvalue weighted by Crippen LogP contribution is -2.41. The second-order valence-corrected chi connectivity index (χ2v) is 7.99. The van der Waals surface area contributed by atoms with Gasteiger partial charge in [-0.15, -0.1) is 0 Å². The molecule has 0 spiro atoms. The number of hydrogen-bond donors (Lipinski definition) is 2. The van der Waals surface area contributed by atoms with Gasteiger partial charge in [0.25, 0.3) is 0 Å². The molecule has 1 aromatic heterocycles. The van der Waals surface area contributed by atoms with Gasteiger partial charge in [0, 0.05) is 18.7 Å². The molecule has 6 heteroatoms. The Morgan fingerprint density at radius 3 is 1.73 bits per heavy atom. The summed E-state index contributed by atoms with van der Waals surface area (Å²) in [5.74, 6) is -0.282. The summed E-state index contributed by atoms with van der Waals surface area (Å²) >= 11 is 0. The second-order valence-electron chi connectivity index (χ2n) is 7.99. The van der Waals surface area contributed by atoms with Crippen LogP contribution in [-0.4, -0.2) is 21.3 Å². The Bertz CT molecular complexity index is 1130. The van der Waals surface area contributed by atoms with E-state index in [1.54, 1.807) is 12.3 Å². The Balaban J connectivity index is 2.00. The maximum Gasteiger partial charge on any atom is 0.351 e. The number of rotatable bonds is 8. The summed E-state index contributed by atoms with van der Waals surface area (Å²) in [6.07, 6.45) is 0.740. The Morgan fingerprint density at radius 2 is 1.33 bits per heavy atom. The minimum Gasteiger partial charge on any atom is -0.396 e. The topological polar surface area (TPSA) is 90.4 Å². The van der Waals surface area contributed by atoms with Gasteiger partial charge < -0.3 is 15.6 Å². The molecule has 0 aliphatic rings. The van der Waals surface area contributed by atoms with E-state index in [0.29, 0.717) is 0 Å². The fourth-order valence-corrected chi connectivity index (χ4v) is 4.06. The predicted octanol–water partition coefficient (Wildman–Crippen LogP) is 3.96. The molecule has 2 atom stereocenters. The van der Waals surface area contributed by atoms with Gasteiger partial charge >= 0.3 is 5.69 Å². The molecule has 0 fully saturated rings. The van der Waals surface area contributed by atoms with Gasteiger partial charge in [-0.3, -0.25) is 4.57 Å².